The second-order valence-electron chi connectivity index (χ2n) is 7.17. The van der Waals surface area contributed by atoms with Gasteiger partial charge in [-0.25, -0.2) is 14.8 Å². The molecule has 0 aliphatic heterocycles. The molecule has 1 aliphatic rings. The second-order valence-corrected chi connectivity index (χ2v) is 7.17. The number of rotatable bonds is 7. The summed E-state index contributed by atoms with van der Waals surface area (Å²) in [5, 5.41) is 11.9. The van der Waals surface area contributed by atoms with E-state index in [4.69, 9.17) is 5.11 Å². The first-order chi connectivity index (χ1) is 13.7. The summed E-state index contributed by atoms with van der Waals surface area (Å²) in [5.74, 6) is -0.394. The molecule has 156 valence electrons. The fourth-order valence-corrected chi connectivity index (χ4v) is 3.63. The third kappa shape index (κ3) is 5.33. The molecule has 2 aromatic rings. The molecule has 0 spiro atoms. The maximum absolute atomic E-state index is 13.1. The van der Waals surface area contributed by atoms with Gasteiger partial charge in [0.25, 0.3) is 5.56 Å². The van der Waals surface area contributed by atoms with Gasteiger partial charge >= 0.3 is 12.1 Å². The highest BCUT2D eigenvalue weighted by Crippen LogP contribution is 2.33. The molecular formula is C19H21F3N4O3. The van der Waals surface area contributed by atoms with Gasteiger partial charge in [0.05, 0.1) is 17.8 Å². The molecule has 0 saturated heterocycles. The van der Waals surface area contributed by atoms with Gasteiger partial charge in [-0.1, -0.05) is 25.7 Å². The van der Waals surface area contributed by atoms with Crippen molar-refractivity contribution in [2.75, 3.05) is 11.9 Å². The van der Waals surface area contributed by atoms with Crippen molar-refractivity contribution < 1.29 is 23.1 Å². The minimum absolute atomic E-state index is 0.0261. The number of carboxylic acid groups (broad SMARTS) is 1. The van der Waals surface area contributed by atoms with Crippen LogP contribution in [-0.2, 0) is 6.18 Å². The molecule has 1 saturated carbocycles. The van der Waals surface area contributed by atoms with E-state index in [1.807, 2.05) is 0 Å². The number of halogens is 3. The van der Waals surface area contributed by atoms with E-state index in [0.717, 1.165) is 36.4 Å². The Morgan fingerprint density at radius 1 is 1.24 bits per heavy atom. The Morgan fingerprint density at radius 2 is 1.97 bits per heavy atom. The highest BCUT2D eigenvalue weighted by atomic mass is 19.4. The van der Waals surface area contributed by atoms with E-state index in [1.54, 1.807) is 0 Å². The maximum atomic E-state index is 13.1. The van der Waals surface area contributed by atoms with Gasteiger partial charge in [-0.15, -0.1) is 0 Å². The number of anilines is 1. The molecule has 7 nitrogen and oxygen atoms in total. The zero-order chi connectivity index (χ0) is 21.0. The van der Waals surface area contributed by atoms with Crippen molar-refractivity contribution in [3.63, 3.8) is 0 Å². The van der Waals surface area contributed by atoms with E-state index < -0.39 is 29.4 Å². The van der Waals surface area contributed by atoms with Crippen LogP contribution in [0.2, 0.25) is 0 Å². The number of aromatic nitrogens is 3. The Bertz CT molecular complexity index is 906. The number of hydrogen-bond donors (Lipinski definition) is 2. The molecule has 1 fully saturated rings. The van der Waals surface area contributed by atoms with Crippen LogP contribution in [0.15, 0.2) is 35.5 Å². The average molecular weight is 410 g/mol. The SMILES string of the molecule is O=C(O)c1ccc(NCC(CC2CCCC2)n2cc(C(F)(F)F)ncc2=O)nc1. The summed E-state index contributed by atoms with van der Waals surface area (Å²) >= 11 is 0. The van der Waals surface area contributed by atoms with Crippen molar-refractivity contribution >= 4 is 11.8 Å². The summed E-state index contributed by atoms with van der Waals surface area (Å²) in [6.45, 7) is 0.178. The average Bonchev–Trinajstić information content (AvgIpc) is 3.18. The van der Waals surface area contributed by atoms with Gasteiger partial charge in [0.15, 0.2) is 5.69 Å². The lowest BCUT2D eigenvalue weighted by Gasteiger charge is -2.24. The number of pyridine rings is 1. The summed E-state index contributed by atoms with van der Waals surface area (Å²) in [6.07, 6.45) is 2.68. The molecule has 2 N–H and O–H groups in total. The van der Waals surface area contributed by atoms with Crippen LogP contribution in [0.25, 0.3) is 0 Å². The van der Waals surface area contributed by atoms with Crippen molar-refractivity contribution in [1.29, 1.82) is 0 Å². The van der Waals surface area contributed by atoms with E-state index >= 15 is 0 Å². The van der Waals surface area contributed by atoms with Crippen molar-refractivity contribution in [2.45, 2.75) is 44.3 Å². The Morgan fingerprint density at radius 3 is 2.55 bits per heavy atom. The predicted molar refractivity (Wildman–Crippen MR) is 98.8 cm³/mol. The predicted octanol–water partition coefficient (Wildman–Crippen LogP) is 3.59. The molecule has 0 aromatic carbocycles. The maximum Gasteiger partial charge on any atom is 0.434 e. The van der Waals surface area contributed by atoms with Crippen LogP contribution in [-0.4, -0.2) is 32.2 Å². The van der Waals surface area contributed by atoms with E-state index in [2.05, 4.69) is 15.3 Å². The monoisotopic (exact) mass is 410 g/mol. The number of carbonyl (C=O) groups is 1. The normalized spacial score (nSPS) is 16.0. The third-order valence-corrected chi connectivity index (χ3v) is 5.12. The van der Waals surface area contributed by atoms with Crippen LogP contribution in [0.1, 0.15) is 54.2 Å². The second kappa shape index (κ2) is 8.62. The molecule has 0 amide bonds. The lowest BCUT2D eigenvalue weighted by Crippen LogP contribution is -2.32. The zero-order valence-corrected chi connectivity index (χ0v) is 15.5. The number of hydrogen-bond acceptors (Lipinski definition) is 5. The van der Waals surface area contributed by atoms with Gasteiger partial charge in [0, 0.05) is 18.9 Å². The van der Waals surface area contributed by atoms with Crippen molar-refractivity contribution in [3.8, 4) is 0 Å². The van der Waals surface area contributed by atoms with Gasteiger partial charge in [-0.2, -0.15) is 13.2 Å². The van der Waals surface area contributed by atoms with E-state index in [1.165, 1.54) is 18.3 Å². The Hall–Kier alpha value is -2.91. The highest BCUT2D eigenvalue weighted by Gasteiger charge is 2.34. The molecule has 1 aliphatic carbocycles. The first-order valence-corrected chi connectivity index (χ1v) is 9.32. The molecule has 3 rings (SSSR count). The van der Waals surface area contributed by atoms with Gasteiger partial charge < -0.3 is 15.0 Å². The number of nitrogens with one attached hydrogen (secondary N) is 1. The molecule has 2 aromatic heterocycles. The molecule has 1 atom stereocenters. The number of alkyl halides is 3. The number of nitrogens with zero attached hydrogens (tertiary/aromatic N) is 3. The summed E-state index contributed by atoms with van der Waals surface area (Å²) < 4.78 is 40.3. The van der Waals surface area contributed by atoms with Crippen LogP contribution in [0.5, 0.6) is 0 Å². The van der Waals surface area contributed by atoms with Crippen LogP contribution < -0.4 is 10.9 Å². The molecule has 10 heteroatoms. The largest absolute Gasteiger partial charge is 0.478 e. The lowest BCUT2D eigenvalue weighted by molar-refractivity contribution is -0.141. The lowest BCUT2D eigenvalue weighted by atomic mass is 9.98. The van der Waals surface area contributed by atoms with Crippen LogP contribution in [0.4, 0.5) is 19.0 Å². The van der Waals surface area contributed by atoms with Crippen LogP contribution >= 0.6 is 0 Å². The first-order valence-electron chi connectivity index (χ1n) is 9.32. The van der Waals surface area contributed by atoms with Gasteiger partial charge in [-0.05, 0) is 24.5 Å². The van der Waals surface area contributed by atoms with Gasteiger partial charge in [-0.3, -0.25) is 4.79 Å². The standard InChI is InChI=1S/C19H21F3N4O3/c20-19(21,22)15-11-26(17(27)10-23-15)14(7-12-3-1-2-4-12)9-25-16-6-5-13(8-24-16)18(28)29/h5-6,8,10-12,14H,1-4,7,9H2,(H,24,25)(H,28,29). The first kappa shape index (κ1) is 20.8. The minimum atomic E-state index is -4.64. The molecule has 29 heavy (non-hydrogen) atoms. The molecule has 0 radical (unpaired) electrons. The van der Waals surface area contributed by atoms with E-state index in [0.29, 0.717) is 24.4 Å². The highest BCUT2D eigenvalue weighted by molar-refractivity contribution is 5.87. The summed E-state index contributed by atoms with van der Waals surface area (Å²) in [7, 11) is 0. The van der Waals surface area contributed by atoms with E-state index in [9.17, 15) is 22.8 Å². The minimum Gasteiger partial charge on any atom is -0.478 e. The van der Waals surface area contributed by atoms with Crippen LogP contribution in [0, 0.1) is 5.92 Å². The summed E-state index contributed by atoms with van der Waals surface area (Å²) in [4.78, 5) is 30.4. The van der Waals surface area contributed by atoms with Crippen molar-refractivity contribution in [2.24, 2.45) is 5.92 Å². The molecule has 0 bridgehead atoms. The van der Waals surface area contributed by atoms with E-state index in [-0.39, 0.29) is 12.1 Å². The number of aromatic carboxylic acids is 1. The van der Waals surface area contributed by atoms with Gasteiger partial charge in [0.1, 0.15) is 5.82 Å². The smallest absolute Gasteiger partial charge is 0.434 e. The quantitative estimate of drug-likeness (QED) is 0.724. The molecule has 2 heterocycles. The fourth-order valence-electron chi connectivity index (χ4n) is 3.63. The summed E-state index contributed by atoms with van der Waals surface area (Å²) in [5.41, 5.74) is -1.69. The number of carboxylic acids is 1. The topological polar surface area (TPSA) is 97.1 Å². The Balaban J connectivity index is 1.82. The Labute approximate surface area is 164 Å². The third-order valence-electron chi connectivity index (χ3n) is 5.12. The van der Waals surface area contributed by atoms with Crippen molar-refractivity contribution in [1.82, 2.24) is 14.5 Å². The van der Waals surface area contributed by atoms with Gasteiger partial charge in [0.2, 0.25) is 0 Å². The summed E-state index contributed by atoms with van der Waals surface area (Å²) in [6, 6.07) is 2.34. The molecular weight excluding hydrogens is 389 g/mol. The Kier molecular flexibility index (Phi) is 6.19. The molecule has 1 unspecified atom stereocenters. The fraction of sp³-hybridized carbons (Fsp3) is 0.474. The zero-order valence-electron chi connectivity index (χ0n) is 15.5. The van der Waals surface area contributed by atoms with Crippen LogP contribution in [0.3, 0.4) is 0 Å². The van der Waals surface area contributed by atoms with Crippen molar-refractivity contribution in [3.05, 3.63) is 52.3 Å².